The molecule has 1 aliphatic rings. The van der Waals surface area contributed by atoms with Crippen molar-refractivity contribution in [2.45, 2.75) is 33.3 Å². The zero-order valence-electron chi connectivity index (χ0n) is 25.6. The summed E-state index contributed by atoms with van der Waals surface area (Å²) in [5.74, 6) is 3.55. The highest BCUT2D eigenvalue weighted by molar-refractivity contribution is 6.32. The van der Waals surface area contributed by atoms with Crippen LogP contribution >= 0.6 is 11.6 Å². The van der Waals surface area contributed by atoms with Crippen LogP contribution in [0.5, 0.6) is 28.7 Å². The third-order valence-corrected chi connectivity index (χ3v) is 7.87. The third kappa shape index (κ3) is 5.91. The standard InChI is InChI=1S/C35H32ClN3O6/c1-20(2)25-16-26(21(3)12-30(25)41-4)34-38-28-9-7-6-8-24(28)35(40)39(34)37-17-23-13-27(36)33(32(15-23)42-5)43-18-22-10-11-29-31(14-22)45-19-44-29/h6-17,20H,18-19H2,1-5H3. The topological polar surface area (TPSA) is 93.4 Å². The Kier molecular flexibility index (Phi) is 8.36. The van der Waals surface area contributed by atoms with Crippen molar-refractivity contribution in [1.29, 1.82) is 0 Å². The summed E-state index contributed by atoms with van der Waals surface area (Å²) >= 11 is 6.68. The maximum atomic E-state index is 13.8. The van der Waals surface area contributed by atoms with Gasteiger partial charge in [-0.05, 0) is 83.6 Å². The summed E-state index contributed by atoms with van der Waals surface area (Å²) in [6, 6.07) is 20.3. The summed E-state index contributed by atoms with van der Waals surface area (Å²) in [6.45, 7) is 6.58. The van der Waals surface area contributed by atoms with Crippen LogP contribution in [0.25, 0.3) is 22.3 Å². The molecule has 5 aromatic rings. The number of para-hydroxylation sites is 1. The zero-order valence-corrected chi connectivity index (χ0v) is 26.3. The van der Waals surface area contributed by atoms with E-state index < -0.39 is 0 Å². The third-order valence-electron chi connectivity index (χ3n) is 7.59. The number of methoxy groups -OCH3 is 2. The molecule has 0 unspecified atom stereocenters. The lowest BCUT2D eigenvalue weighted by molar-refractivity contribution is 0.174. The smallest absolute Gasteiger partial charge is 0.282 e. The van der Waals surface area contributed by atoms with Gasteiger partial charge in [0.15, 0.2) is 28.8 Å². The molecule has 1 aromatic heterocycles. The molecule has 0 bridgehead atoms. The predicted octanol–water partition coefficient (Wildman–Crippen LogP) is 7.36. The lowest BCUT2D eigenvalue weighted by Gasteiger charge is -2.17. The number of nitrogens with zero attached hydrogens (tertiary/aromatic N) is 3. The molecule has 0 radical (unpaired) electrons. The van der Waals surface area contributed by atoms with Crippen molar-refractivity contribution in [1.82, 2.24) is 9.66 Å². The Morgan fingerprint density at radius 1 is 1.00 bits per heavy atom. The van der Waals surface area contributed by atoms with Crippen molar-refractivity contribution in [3.05, 3.63) is 104 Å². The molecule has 1 aliphatic heterocycles. The van der Waals surface area contributed by atoms with E-state index in [0.717, 1.165) is 28.0 Å². The summed E-state index contributed by atoms with van der Waals surface area (Å²) < 4.78 is 29.5. The first-order valence-electron chi connectivity index (χ1n) is 14.4. The number of aryl methyl sites for hydroxylation is 1. The largest absolute Gasteiger partial charge is 0.496 e. The van der Waals surface area contributed by atoms with Crippen molar-refractivity contribution in [3.8, 4) is 40.1 Å². The maximum absolute atomic E-state index is 13.8. The zero-order chi connectivity index (χ0) is 31.7. The lowest BCUT2D eigenvalue weighted by atomic mass is 9.96. The second-order valence-electron chi connectivity index (χ2n) is 10.9. The monoisotopic (exact) mass is 625 g/mol. The molecule has 0 spiro atoms. The molecule has 4 aromatic carbocycles. The van der Waals surface area contributed by atoms with Gasteiger partial charge in [-0.1, -0.05) is 43.6 Å². The van der Waals surface area contributed by atoms with Gasteiger partial charge in [-0.3, -0.25) is 4.79 Å². The molecule has 0 amide bonds. The van der Waals surface area contributed by atoms with Crippen molar-refractivity contribution in [2.75, 3.05) is 21.0 Å². The Hall–Kier alpha value is -5.02. The Labute approximate surface area is 265 Å². The number of rotatable bonds is 9. The summed E-state index contributed by atoms with van der Waals surface area (Å²) in [7, 11) is 3.19. The number of benzene rings is 4. The fourth-order valence-electron chi connectivity index (χ4n) is 5.24. The minimum absolute atomic E-state index is 0.184. The van der Waals surface area contributed by atoms with E-state index in [1.54, 1.807) is 31.5 Å². The van der Waals surface area contributed by atoms with Gasteiger partial charge in [-0.15, -0.1) is 0 Å². The highest BCUT2D eigenvalue weighted by Crippen LogP contribution is 2.38. The maximum Gasteiger partial charge on any atom is 0.282 e. The molecule has 6 rings (SSSR count). The van der Waals surface area contributed by atoms with Gasteiger partial charge >= 0.3 is 0 Å². The van der Waals surface area contributed by atoms with E-state index >= 15 is 0 Å². The Balaban J connectivity index is 1.38. The van der Waals surface area contributed by atoms with Gasteiger partial charge in [0.25, 0.3) is 5.56 Å². The van der Waals surface area contributed by atoms with Gasteiger partial charge in [0.05, 0.1) is 36.4 Å². The molecule has 0 atom stereocenters. The second-order valence-corrected chi connectivity index (χ2v) is 11.3. The molecule has 9 nitrogen and oxygen atoms in total. The number of halogens is 1. The van der Waals surface area contributed by atoms with E-state index in [0.29, 0.717) is 50.3 Å². The SMILES string of the molecule is COc1cc(C)c(-c2nc3ccccc3c(=O)n2N=Cc2cc(Cl)c(OCc3ccc4c(c3)OCO4)c(OC)c2)cc1C(C)C. The molecular formula is C35H32ClN3O6. The van der Waals surface area contributed by atoms with Crippen LogP contribution in [-0.4, -0.2) is 36.9 Å². The van der Waals surface area contributed by atoms with Gasteiger partial charge in [-0.2, -0.15) is 9.78 Å². The number of fused-ring (bicyclic) bond motifs is 2. The Bertz CT molecular complexity index is 2000. The Morgan fingerprint density at radius 3 is 2.56 bits per heavy atom. The number of aromatic nitrogens is 2. The fourth-order valence-corrected chi connectivity index (χ4v) is 5.51. The molecule has 0 saturated heterocycles. The van der Waals surface area contributed by atoms with E-state index in [4.69, 9.17) is 40.3 Å². The quantitative estimate of drug-likeness (QED) is 0.158. The van der Waals surface area contributed by atoms with Gasteiger partial charge in [0, 0.05) is 5.56 Å². The van der Waals surface area contributed by atoms with Crippen LogP contribution in [0, 0.1) is 6.92 Å². The van der Waals surface area contributed by atoms with E-state index in [1.165, 1.54) is 11.8 Å². The molecule has 0 fully saturated rings. The molecular weight excluding hydrogens is 594 g/mol. The number of ether oxygens (including phenoxy) is 5. The molecule has 2 heterocycles. The minimum atomic E-state index is -0.296. The highest BCUT2D eigenvalue weighted by atomic mass is 35.5. The van der Waals surface area contributed by atoms with Crippen molar-refractivity contribution in [3.63, 3.8) is 0 Å². The molecule has 0 saturated carbocycles. The van der Waals surface area contributed by atoms with Crippen LogP contribution in [0.3, 0.4) is 0 Å². The number of hydrogen-bond donors (Lipinski definition) is 0. The van der Waals surface area contributed by atoms with Crippen molar-refractivity contribution in [2.24, 2.45) is 5.10 Å². The van der Waals surface area contributed by atoms with Crippen LogP contribution in [0.1, 0.15) is 42.0 Å². The Morgan fingerprint density at radius 2 is 1.78 bits per heavy atom. The fraction of sp³-hybridized carbons (Fsp3) is 0.229. The van der Waals surface area contributed by atoms with E-state index in [2.05, 4.69) is 18.9 Å². The number of hydrogen-bond acceptors (Lipinski definition) is 8. The van der Waals surface area contributed by atoms with Gasteiger partial charge in [-0.25, -0.2) is 4.98 Å². The summed E-state index contributed by atoms with van der Waals surface area (Å²) in [5.41, 5.74) is 4.46. The van der Waals surface area contributed by atoms with Crippen LogP contribution in [0.4, 0.5) is 0 Å². The van der Waals surface area contributed by atoms with Gasteiger partial charge in [0.1, 0.15) is 12.4 Å². The average molecular weight is 626 g/mol. The molecule has 0 aliphatic carbocycles. The van der Waals surface area contributed by atoms with E-state index in [9.17, 15) is 4.79 Å². The van der Waals surface area contributed by atoms with E-state index in [1.807, 2.05) is 55.5 Å². The summed E-state index contributed by atoms with van der Waals surface area (Å²) in [4.78, 5) is 18.7. The highest BCUT2D eigenvalue weighted by Gasteiger charge is 2.19. The minimum Gasteiger partial charge on any atom is -0.496 e. The average Bonchev–Trinajstić information content (AvgIpc) is 3.51. The van der Waals surface area contributed by atoms with E-state index in [-0.39, 0.29) is 24.9 Å². The van der Waals surface area contributed by atoms with Crippen molar-refractivity contribution < 1.29 is 23.7 Å². The van der Waals surface area contributed by atoms with Gasteiger partial charge < -0.3 is 23.7 Å². The van der Waals surface area contributed by atoms with Crippen LogP contribution in [-0.2, 0) is 6.61 Å². The normalized spacial score (nSPS) is 12.3. The van der Waals surface area contributed by atoms with Crippen LogP contribution < -0.4 is 29.2 Å². The summed E-state index contributed by atoms with van der Waals surface area (Å²) in [5, 5.41) is 5.42. The first-order valence-corrected chi connectivity index (χ1v) is 14.8. The molecule has 230 valence electrons. The summed E-state index contributed by atoms with van der Waals surface area (Å²) in [6.07, 6.45) is 1.56. The van der Waals surface area contributed by atoms with Gasteiger partial charge in [0.2, 0.25) is 6.79 Å². The molecule has 0 N–H and O–H groups in total. The molecule has 10 heteroatoms. The first-order chi connectivity index (χ1) is 21.8. The van der Waals surface area contributed by atoms with Crippen LogP contribution in [0.15, 0.2) is 76.6 Å². The molecule has 45 heavy (non-hydrogen) atoms. The van der Waals surface area contributed by atoms with Crippen LogP contribution in [0.2, 0.25) is 5.02 Å². The van der Waals surface area contributed by atoms with Crippen molar-refractivity contribution >= 4 is 28.7 Å². The first kappa shape index (κ1) is 30.0. The second kappa shape index (κ2) is 12.5. The predicted molar refractivity (Wildman–Crippen MR) is 175 cm³/mol. The lowest BCUT2D eigenvalue weighted by Crippen LogP contribution is -2.20.